The maximum atomic E-state index is 11.2. The molecule has 96 valence electrons. The number of carbonyl (C=O) groups excluding carboxylic acids is 1. The van der Waals surface area contributed by atoms with E-state index in [1.807, 2.05) is 18.2 Å². The Bertz CT molecular complexity index is 476. The molecule has 0 spiro atoms. The molecule has 1 aromatic carbocycles. The van der Waals surface area contributed by atoms with E-state index in [1.165, 1.54) is 17.6 Å². The van der Waals surface area contributed by atoms with E-state index < -0.39 is 0 Å². The standard InChI is InChI=1S/C13H14BrNO2S/c1-17-13(16)8-15-7-11(18-9-15)6-10-4-2-3-5-12(10)14/h2-6H,7-9H2,1H3. The average molecular weight is 328 g/mol. The lowest BCUT2D eigenvalue weighted by molar-refractivity contribution is -0.141. The zero-order valence-corrected chi connectivity index (χ0v) is 12.5. The fourth-order valence-electron chi connectivity index (χ4n) is 1.69. The zero-order chi connectivity index (χ0) is 13.0. The molecule has 1 fully saturated rings. The molecule has 0 aromatic heterocycles. The molecule has 0 aliphatic carbocycles. The molecule has 0 unspecified atom stereocenters. The van der Waals surface area contributed by atoms with Crippen molar-refractivity contribution in [3.05, 3.63) is 39.2 Å². The molecule has 1 aliphatic heterocycles. The molecule has 18 heavy (non-hydrogen) atoms. The quantitative estimate of drug-likeness (QED) is 0.798. The molecule has 1 heterocycles. The summed E-state index contributed by atoms with van der Waals surface area (Å²) < 4.78 is 5.76. The van der Waals surface area contributed by atoms with Crippen molar-refractivity contribution in [1.29, 1.82) is 0 Å². The van der Waals surface area contributed by atoms with Gasteiger partial charge in [-0.15, -0.1) is 11.8 Å². The second kappa shape index (κ2) is 6.41. The maximum Gasteiger partial charge on any atom is 0.319 e. The summed E-state index contributed by atoms with van der Waals surface area (Å²) >= 11 is 5.29. The number of halogens is 1. The summed E-state index contributed by atoms with van der Waals surface area (Å²) in [5.41, 5.74) is 1.17. The Morgan fingerprint density at radius 3 is 3.06 bits per heavy atom. The van der Waals surface area contributed by atoms with E-state index in [0.717, 1.165) is 16.9 Å². The molecule has 0 radical (unpaired) electrons. The van der Waals surface area contributed by atoms with Gasteiger partial charge in [0.05, 0.1) is 13.7 Å². The number of carbonyl (C=O) groups is 1. The predicted octanol–water partition coefficient (Wildman–Crippen LogP) is 2.97. The lowest BCUT2D eigenvalue weighted by Gasteiger charge is -2.10. The number of hydrogen-bond acceptors (Lipinski definition) is 4. The highest BCUT2D eigenvalue weighted by molar-refractivity contribution is 9.10. The van der Waals surface area contributed by atoms with Gasteiger partial charge in [0.2, 0.25) is 0 Å². The van der Waals surface area contributed by atoms with Gasteiger partial charge in [0.15, 0.2) is 0 Å². The van der Waals surface area contributed by atoms with Crippen LogP contribution in [0, 0.1) is 0 Å². The minimum atomic E-state index is -0.183. The molecule has 1 aliphatic rings. The van der Waals surface area contributed by atoms with E-state index in [1.54, 1.807) is 11.8 Å². The van der Waals surface area contributed by atoms with Crippen LogP contribution in [0.1, 0.15) is 5.56 Å². The van der Waals surface area contributed by atoms with E-state index >= 15 is 0 Å². The summed E-state index contributed by atoms with van der Waals surface area (Å²) in [4.78, 5) is 14.5. The summed E-state index contributed by atoms with van der Waals surface area (Å²) in [5.74, 6) is 0.656. The maximum absolute atomic E-state index is 11.2. The van der Waals surface area contributed by atoms with Crippen LogP contribution in [0.15, 0.2) is 33.6 Å². The van der Waals surface area contributed by atoms with Crippen molar-refractivity contribution in [2.45, 2.75) is 0 Å². The monoisotopic (exact) mass is 327 g/mol. The number of esters is 1. The molecule has 1 aromatic rings. The van der Waals surface area contributed by atoms with E-state index in [4.69, 9.17) is 0 Å². The SMILES string of the molecule is COC(=O)CN1CSC(=Cc2ccccc2Br)C1. The molecular formula is C13H14BrNO2S. The highest BCUT2D eigenvalue weighted by atomic mass is 79.9. The molecule has 3 nitrogen and oxygen atoms in total. The van der Waals surface area contributed by atoms with Crippen LogP contribution >= 0.6 is 27.7 Å². The summed E-state index contributed by atoms with van der Waals surface area (Å²) in [6.45, 7) is 1.16. The van der Waals surface area contributed by atoms with E-state index in [9.17, 15) is 4.79 Å². The Balaban J connectivity index is 2.00. The highest BCUT2D eigenvalue weighted by Gasteiger charge is 2.19. The molecule has 1 saturated heterocycles. The Morgan fingerprint density at radius 2 is 2.33 bits per heavy atom. The first-order chi connectivity index (χ1) is 8.69. The smallest absolute Gasteiger partial charge is 0.319 e. The van der Waals surface area contributed by atoms with Gasteiger partial charge in [-0.05, 0) is 17.7 Å². The van der Waals surface area contributed by atoms with E-state index in [2.05, 4.69) is 37.7 Å². The fourth-order valence-corrected chi connectivity index (χ4v) is 3.10. The number of ether oxygens (including phenoxy) is 1. The van der Waals surface area contributed by atoms with Gasteiger partial charge in [-0.3, -0.25) is 9.69 Å². The average Bonchev–Trinajstić information content (AvgIpc) is 2.79. The van der Waals surface area contributed by atoms with Crippen molar-refractivity contribution < 1.29 is 9.53 Å². The highest BCUT2D eigenvalue weighted by Crippen LogP contribution is 2.29. The van der Waals surface area contributed by atoms with Gasteiger partial charge in [-0.1, -0.05) is 34.1 Å². The van der Waals surface area contributed by atoms with Gasteiger partial charge in [-0.25, -0.2) is 0 Å². The first kappa shape index (κ1) is 13.6. The van der Waals surface area contributed by atoms with Crippen molar-refractivity contribution in [3.8, 4) is 0 Å². The van der Waals surface area contributed by atoms with Crippen LogP contribution in [0.3, 0.4) is 0 Å². The minimum absolute atomic E-state index is 0.183. The van der Waals surface area contributed by atoms with E-state index in [-0.39, 0.29) is 5.97 Å². The Kier molecular flexibility index (Phi) is 4.86. The van der Waals surface area contributed by atoms with Crippen LogP contribution in [-0.4, -0.2) is 36.9 Å². The Hall–Kier alpha value is -0.780. The Labute approximate surface area is 119 Å². The number of benzene rings is 1. The van der Waals surface area contributed by atoms with Gasteiger partial charge in [0, 0.05) is 21.8 Å². The molecule has 2 rings (SSSR count). The fraction of sp³-hybridized carbons (Fsp3) is 0.308. The first-order valence-corrected chi connectivity index (χ1v) is 7.34. The summed E-state index contributed by atoms with van der Waals surface area (Å²) in [7, 11) is 1.42. The topological polar surface area (TPSA) is 29.5 Å². The predicted molar refractivity (Wildman–Crippen MR) is 78.2 cm³/mol. The molecule has 0 saturated carbocycles. The van der Waals surface area contributed by atoms with Crippen LogP contribution in [0.4, 0.5) is 0 Å². The molecule has 0 amide bonds. The normalized spacial score (nSPS) is 18.2. The van der Waals surface area contributed by atoms with Crippen LogP contribution < -0.4 is 0 Å². The second-order valence-electron chi connectivity index (χ2n) is 3.97. The van der Waals surface area contributed by atoms with Crippen LogP contribution in [0.5, 0.6) is 0 Å². The van der Waals surface area contributed by atoms with Gasteiger partial charge < -0.3 is 4.74 Å². The molecule has 0 bridgehead atoms. The van der Waals surface area contributed by atoms with Crippen molar-refractivity contribution in [2.75, 3.05) is 26.1 Å². The Morgan fingerprint density at radius 1 is 1.56 bits per heavy atom. The second-order valence-corrected chi connectivity index (χ2v) is 5.89. The van der Waals surface area contributed by atoms with Crippen molar-refractivity contribution in [1.82, 2.24) is 4.90 Å². The molecule has 0 N–H and O–H groups in total. The lowest BCUT2D eigenvalue weighted by atomic mass is 10.2. The van der Waals surface area contributed by atoms with Crippen LogP contribution in [0.2, 0.25) is 0 Å². The van der Waals surface area contributed by atoms with Crippen molar-refractivity contribution >= 4 is 39.7 Å². The van der Waals surface area contributed by atoms with Gasteiger partial charge in [-0.2, -0.15) is 0 Å². The first-order valence-electron chi connectivity index (χ1n) is 5.56. The summed E-state index contributed by atoms with van der Waals surface area (Å²) in [6, 6.07) is 8.11. The number of methoxy groups -OCH3 is 1. The third-order valence-corrected chi connectivity index (χ3v) is 4.45. The van der Waals surface area contributed by atoms with Gasteiger partial charge in [0.1, 0.15) is 0 Å². The largest absolute Gasteiger partial charge is 0.468 e. The van der Waals surface area contributed by atoms with Gasteiger partial charge >= 0.3 is 5.97 Å². The summed E-state index contributed by atoms with van der Waals surface area (Å²) in [5, 5.41) is 0. The molecule has 5 heteroatoms. The lowest BCUT2D eigenvalue weighted by Crippen LogP contribution is -2.27. The number of rotatable bonds is 3. The third-order valence-electron chi connectivity index (χ3n) is 2.61. The third kappa shape index (κ3) is 3.60. The van der Waals surface area contributed by atoms with Crippen LogP contribution in [0.25, 0.3) is 6.08 Å². The minimum Gasteiger partial charge on any atom is -0.468 e. The number of nitrogens with zero attached hydrogens (tertiary/aromatic N) is 1. The van der Waals surface area contributed by atoms with Crippen molar-refractivity contribution in [2.24, 2.45) is 0 Å². The van der Waals surface area contributed by atoms with Gasteiger partial charge in [0.25, 0.3) is 0 Å². The molecule has 0 atom stereocenters. The zero-order valence-electron chi connectivity index (χ0n) is 10.1. The summed E-state index contributed by atoms with van der Waals surface area (Å²) in [6.07, 6.45) is 2.16. The number of thioether (sulfide) groups is 1. The van der Waals surface area contributed by atoms with Crippen LogP contribution in [-0.2, 0) is 9.53 Å². The molecular weight excluding hydrogens is 314 g/mol. The van der Waals surface area contributed by atoms with E-state index in [0.29, 0.717) is 6.54 Å². The number of hydrogen-bond donors (Lipinski definition) is 0. The van der Waals surface area contributed by atoms with Crippen molar-refractivity contribution in [3.63, 3.8) is 0 Å².